The van der Waals surface area contributed by atoms with Crippen LogP contribution in [0.3, 0.4) is 0 Å². The molecular weight excluding hydrogens is 504 g/mol. The molecule has 2 aliphatic carbocycles. The highest BCUT2D eigenvalue weighted by molar-refractivity contribution is 5.31. The largest absolute Gasteiger partial charge is 0.491 e. The monoisotopic (exact) mass is 558 g/mol. The topological polar surface area (TPSA) is 71.9 Å². The Labute approximate surface area is 242 Å². The molecule has 4 aliphatic rings. The van der Waals surface area contributed by atoms with Gasteiger partial charge in [-0.05, 0) is 49.9 Å². The summed E-state index contributed by atoms with van der Waals surface area (Å²) in [7, 11) is 0. The predicted molar refractivity (Wildman–Crippen MR) is 159 cm³/mol. The summed E-state index contributed by atoms with van der Waals surface area (Å²) in [5.74, 6) is 1.45. The van der Waals surface area contributed by atoms with Crippen molar-refractivity contribution >= 4 is 0 Å². The van der Waals surface area contributed by atoms with E-state index in [9.17, 15) is 10.2 Å². The van der Waals surface area contributed by atoms with Crippen molar-refractivity contribution in [1.82, 2.24) is 19.6 Å². The number of hydrogen-bond donors (Lipinski definition) is 2. The number of ether oxygens (including phenoxy) is 2. The summed E-state index contributed by atoms with van der Waals surface area (Å²) in [5, 5.41) is 21.1. The number of aliphatic hydroxyl groups is 2. The van der Waals surface area contributed by atoms with Crippen LogP contribution >= 0.6 is 0 Å². The van der Waals surface area contributed by atoms with Crippen LogP contribution in [0.1, 0.15) is 64.2 Å². The third-order valence-corrected chi connectivity index (χ3v) is 9.64. The molecular formula is C32H54N4O4. The maximum absolute atomic E-state index is 10.6. The van der Waals surface area contributed by atoms with Crippen LogP contribution in [0.4, 0.5) is 0 Å². The summed E-state index contributed by atoms with van der Waals surface area (Å²) in [6.07, 6.45) is 12.8. The molecule has 2 N–H and O–H groups in total. The van der Waals surface area contributed by atoms with E-state index in [-0.39, 0.29) is 13.2 Å². The first-order chi connectivity index (χ1) is 19.6. The fourth-order valence-electron chi connectivity index (χ4n) is 7.23. The summed E-state index contributed by atoms with van der Waals surface area (Å²) in [4.78, 5) is 10.1. The highest BCUT2D eigenvalue weighted by Crippen LogP contribution is 2.25. The Morgan fingerprint density at radius 1 is 0.550 bits per heavy atom. The third-order valence-electron chi connectivity index (χ3n) is 9.64. The van der Waals surface area contributed by atoms with Crippen molar-refractivity contribution in [3.8, 4) is 11.5 Å². The van der Waals surface area contributed by atoms with Crippen molar-refractivity contribution < 1.29 is 19.7 Å². The Morgan fingerprint density at radius 2 is 0.900 bits per heavy atom. The van der Waals surface area contributed by atoms with Gasteiger partial charge in [-0.25, -0.2) is 0 Å². The van der Waals surface area contributed by atoms with Gasteiger partial charge in [0, 0.05) is 77.5 Å². The Morgan fingerprint density at radius 3 is 1.25 bits per heavy atom. The number of piperazine rings is 2. The van der Waals surface area contributed by atoms with Gasteiger partial charge in [0.2, 0.25) is 0 Å². The predicted octanol–water partition coefficient (Wildman–Crippen LogP) is 3.07. The smallest absolute Gasteiger partial charge is 0.119 e. The first-order valence-corrected chi connectivity index (χ1v) is 16.3. The Kier molecular flexibility index (Phi) is 11.8. The lowest BCUT2D eigenvalue weighted by Crippen LogP contribution is -2.52. The molecule has 2 atom stereocenters. The lowest BCUT2D eigenvalue weighted by atomic mass is 9.94. The van der Waals surface area contributed by atoms with Crippen LogP contribution in [0.5, 0.6) is 11.5 Å². The summed E-state index contributed by atoms with van der Waals surface area (Å²) >= 11 is 0. The zero-order valence-corrected chi connectivity index (χ0v) is 24.7. The second kappa shape index (κ2) is 15.7. The van der Waals surface area contributed by atoms with Crippen LogP contribution in [-0.4, -0.2) is 133 Å². The highest BCUT2D eigenvalue weighted by Gasteiger charge is 2.27. The molecule has 2 heterocycles. The van der Waals surface area contributed by atoms with Crippen LogP contribution in [0.25, 0.3) is 0 Å². The molecule has 4 fully saturated rings. The summed E-state index contributed by atoms with van der Waals surface area (Å²) in [6.45, 7) is 10.5. The van der Waals surface area contributed by atoms with Gasteiger partial charge in [0.05, 0.1) is 0 Å². The Balaban J connectivity index is 0.928. The van der Waals surface area contributed by atoms with E-state index in [1.54, 1.807) is 0 Å². The van der Waals surface area contributed by atoms with Gasteiger partial charge in [-0.2, -0.15) is 0 Å². The van der Waals surface area contributed by atoms with Crippen molar-refractivity contribution in [2.75, 3.05) is 78.7 Å². The van der Waals surface area contributed by atoms with Crippen LogP contribution in [0.15, 0.2) is 24.3 Å². The van der Waals surface area contributed by atoms with Gasteiger partial charge in [-0.15, -0.1) is 0 Å². The van der Waals surface area contributed by atoms with Crippen molar-refractivity contribution in [1.29, 1.82) is 0 Å². The Hall–Kier alpha value is -1.42. The van der Waals surface area contributed by atoms with Gasteiger partial charge in [0.1, 0.15) is 36.9 Å². The molecule has 1 aromatic carbocycles. The zero-order chi connectivity index (χ0) is 27.6. The molecule has 40 heavy (non-hydrogen) atoms. The SMILES string of the molecule is O[C@@H](COc1ccc(OC[C@H](O)CN2CCN(C3CCCCC3)CC2)cc1)CN1CCN(C2CCCCC2)CC1. The van der Waals surface area contributed by atoms with Gasteiger partial charge in [0.25, 0.3) is 0 Å². The normalized spacial score (nSPS) is 25.1. The van der Waals surface area contributed by atoms with Gasteiger partial charge < -0.3 is 19.7 Å². The average Bonchev–Trinajstić information content (AvgIpc) is 3.01. The number of benzene rings is 1. The molecule has 226 valence electrons. The van der Waals surface area contributed by atoms with Crippen LogP contribution < -0.4 is 9.47 Å². The number of hydrogen-bond acceptors (Lipinski definition) is 8. The maximum atomic E-state index is 10.6. The number of β-amino-alcohol motifs (C(OH)–C–C–N with tert-alkyl or cyclic N) is 2. The van der Waals surface area contributed by atoms with E-state index in [1.807, 2.05) is 24.3 Å². The molecule has 8 nitrogen and oxygen atoms in total. The second-order valence-corrected chi connectivity index (χ2v) is 12.7. The molecule has 2 saturated heterocycles. The number of nitrogens with zero attached hydrogens (tertiary/aromatic N) is 4. The minimum absolute atomic E-state index is 0.287. The van der Waals surface area contributed by atoms with E-state index in [4.69, 9.17) is 9.47 Å². The van der Waals surface area contributed by atoms with Crippen molar-refractivity contribution in [3.05, 3.63) is 24.3 Å². The quantitative estimate of drug-likeness (QED) is 0.406. The molecule has 1 aromatic rings. The van der Waals surface area contributed by atoms with Crippen LogP contribution in [0.2, 0.25) is 0 Å². The van der Waals surface area contributed by atoms with Gasteiger partial charge in [0.15, 0.2) is 0 Å². The van der Waals surface area contributed by atoms with E-state index in [2.05, 4.69) is 19.6 Å². The molecule has 0 spiro atoms. The minimum atomic E-state index is -0.503. The highest BCUT2D eigenvalue weighted by atomic mass is 16.5. The molecule has 0 aromatic heterocycles. The minimum Gasteiger partial charge on any atom is -0.491 e. The van der Waals surface area contributed by atoms with Crippen molar-refractivity contribution in [2.45, 2.75) is 88.5 Å². The summed E-state index contributed by atoms with van der Waals surface area (Å²) in [6, 6.07) is 9.07. The van der Waals surface area contributed by atoms with Gasteiger partial charge in [-0.1, -0.05) is 38.5 Å². The number of rotatable bonds is 12. The average molecular weight is 559 g/mol. The lowest BCUT2D eigenvalue weighted by molar-refractivity contribution is 0.0305. The van der Waals surface area contributed by atoms with Crippen molar-refractivity contribution in [2.24, 2.45) is 0 Å². The summed E-state index contributed by atoms with van der Waals surface area (Å²) in [5.41, 5.74) is 0. The van der Waals surface area contributed by atoms with Crippen molar-refractivity contribution in [3.63, 3.8) is 0 Å². The van der Waals surface area contributed by atoms with E-state index in [1.165, 1.54) is 64.2 Å². The van der Waals surface area contributed by atoms with Crippen LogP contribution in [0, 0.1) is 0 Å². The molecule has 2 aliphatic heterocycles. The fourth-order valence-corrected chi connectivity index (χ4v) is 7.23. The fraction of sp³-hybridized carbons (Fsp3) is 0.812. The van der Waals surface area contributed by atoms with E-state index < -0.39 is 12.2 Å². The first-order valence-electron chi connectivity index (χ1n) is 16.3. The van der Waals surface area contributed by atoms with Crippen LogP contribution in [-0.2, 0) is 0 Å². The van der Waals surface area contributed by atoms with E-state index in [0.29, 0.717) is 13.1 Å². The number of aliphatic hydroxyl groups excluding tert-OH is 2. The third kappa shape index (κ3) is 9.30. The molecule has 2 saturated carbocycles. The van der Waals surface area contributed by atoms with Gasteiger partial charge in [-0.3, -0.25) is 19.6 Å². The molecule has 5 rings (SSSR count). The zero-order valence-electron chi connectivity index (χ0n) is 24.7. The second-order valence-electron chi connectivity index (χ2n) is 12.7. The molecule has 8 heteroatoms. The first kappa shape index (κ1) is 30.1. The molecule has 0 unspecified atom stereocenters. The summed E-state index contributed by atoms with van der Waals surface area (Å²) < 4.78 is 11.7. The van der Waals surface area contributed by atoms with E-state index >= 15 is 0 Å². The standard InChI is InChI=1S/C32H54N4O4/c37-29(23-33-15-19-35(20-16-33)27-7-3-1-4-8-27)25-39-31-11-13-32(14-12-31)40-26-30(38)24-34-17-21-36(22-18-34)28-9-5-2-6-10-28/h11-14,27-30,37-38H,1-10,15-26H2/t29-,30-/m1/s1. The van der Waals surface area contributed by atoms with E-state index in [0.717, 1.165) is 75.9 Å². The van der Waals surface area contributed by atoms with Gasteiger partial charge >= 0.3 is 0 Å². The Bertz CT molecular complexity index is 761. The maximum Gasteiger partial charge on any atom is 0.119 e. The lowest BCUT2D eigenvalue weighted by Gasteiger charge is -2.41. The molecule has 0 amide bonds. The molecule has 0 bridgehead atoms. The molecule has 0 radical (unpaired) electrons.